The topological polar surface area (TPSA) is 34.6 Å². The Labute approximate surface area is 97.7 Å². The predicted octanol–water partition coefficient (Wildman–Crippen LogP) is 2.59. The van der Waals surface area contributed by atoms with E-state index in [0.29, 0.717) is 6.61 Å². The summed E-state index contributed by atoms with van der Waals surface area (Å²) in [6.45, 7) is 1.43. The molecule has 2 aromatic rings. The van der Waals surface area contributed by atoms with Crippen LogP contribution in [0.1, 0.15) is 0 Å². The number of pyridine rings is 1. The lowest BCUT2D eigenvalue weighted by Crippen LogP contribution is -2.05. The Kier molecular flexibility index (Phi) is 2.60. The molecule has 0 N–H and O–H groups in total. The number of hydrogen-bond donors (Lipinski definition) is 0. The Hall–Kier alpha value is -1.39. The van der Waals surface area contributed by atoms with Gasteiger partial charge in [-0.15, -0.1) is 11.3 Å². The molecule has 0 saturated carbocycles. The van der Waals surface area contributed by atoms with E-state index < -0.39 is 0 Å². The Bertz CT molecular complexity index is 466. The Morgan fingerprint density at radius 2 is 2.38 bits per heavy atom. The molecule has 4 heteroatoms. The van der Waals surface area contributed by atoms with Crippen LogP contribution in [-0.4, -0.2) is 24.3 Å². The monoisotopic (exact) mass is 233 g/mol. The zero-order chi connectivity index (χ0) is 10.8. The molecular formula is C12H11NO2S. The van der Waals surface area contributed by atoms with E-state index in [0.717, 1.165) is 22.9 Å². The van der Waals surface area contributed by atoms with Crippen LogP contribution in [0.15, 0.2) is 35.8 Å². The van der Waals surface area contributed by atoms with Gasteiger partial charge in [0.1, 0.15) is 24.2 Å². The van der Waals surface area contributed by atoms with E-state index >= 15 is 0 Å². The lowest BCUT2D eigenvalue weighted by Gasteiger charge is -2.07. The van der Waals surface area contributed by atoms with E-state index in [1.807, 2.05) is 29.6 Å². The molecule has 82 valence electrons. The van der Waals surface area contributed by atoms with Gasteiger partial charge in [-0.2, -0.15) is 0 Å². The Balaban J connectivity index is 1.85. The first-order valence-electron chi connectivity index (χ1n) is 5.17. The summed E-state index contributed by atoms with van der Waals surface area (Å²) >= 11 is 1.67. The minimum absolute atomic E-state index is 0.274. The van der Waals surface area contributed by atoms with E-state index in [1.165, 1.54) is 0 Å². The highest BCUT2D eigenvalue weighted by atomic mass is 32.1. The van der Waals surface area contributed by atoms with Crippen LogP contribution in [0.4, 0.5) is 0 Å². The summed E-state index contributed by atoms with van der Waals surface area (Å²) in [6, 6.07) is 7.90. The number of nitrogens with zero attached hydrogens (tertiary/aromatic N) is 1. The highest BCUT2D eigenvalue weighted by Crippen LogP contribution is 2.31. The fourth-order valence-corrected chi connectivity index (χ4v) is 2.18. The molecule has 2 aromatic heterocycles. The third-order valence-electron chi connectivity index (χ3n) is 2.35. The molecule has 1 atom stereocenters. The molecule has 3 heterocycles. The van der Waals surface area contributed by atoms with Gasteiger partial charge in [0.05, 0.1) is 11.5 Å². The van der Waals surface area contributed by atoms with Crippen LogP contribution in [0.2, 0.25) is 0 Å². The first-order valence-corrected chi connectivity index (χ1v) is 6.05. The zero-order valence-electron chi connectivity index (χ0n) is 8.63. The van der Waals surface area contributed by atoms with Crippen LogP contribution in [0, 0.1) is 0 Å². The summed E-state index contributed by atoms with van der Waals surface area (Å²) in [5.74, 6) is 0.834. The SMILES string of the molecule is c1csc(-c2ncccc2OC[C@@H]2CO2)c1. The summed E-state index contributed by atoms with van der Waals surface area (Å²) in [6.07, 6.45) is 2.06. The Morgan fingerprint density at radius 1 is 1.44 bits per heavy atom. The normalized spacial score (nSPS) is 18.4. The van der Waals surface area contributed by atoms with Crippen molar-refractivity contribution in [3.05, 3.63) is 35.8 Å². The molecule has 0 radical (unpaired) electrons. The van der Waals surface area contributed by atoms with Gasteiger partial charge in [-0.3, -0.25) is 4.98 Å². The third kappa shape index (κ3) is 2.08. The summed E-state index contributed by atoms with van der Waals surface area (Å²) < 4.78 is 10.8. The lowest BCUT2D eigenvalue weighted by molar-refractivity contribution is 0.263. The molecule has 0 bridgehead atoms. The van der Waals surface area contributed by atoms with Gasteiger partial charge in [0, 0.05) is 6.20 Å². The molecule has 1 aliphatic rings. The number of ether oxygens (including phenoxy) is 2. The molecule has 0 aromatic carbocycles. The molecule has 3 nitrogen and oxygen atoms in total. The van der Waals surface area contributed by atoms with Crippen molar-refractivity contribution in [2.45, 2.75) is 6.10 Å². The van der Waals surface area contributed by atoms with Crippen LogP contribution < -0.4 is 4.74 Å². The van der Waals surface area contributed by atoms with Crippen molar-refractivity contribution in [3.63, 3.8) is 0 Å². The lowest BCUT2D eigenvalue weighted by atomic mass is 10.3. The molecule has 1 aliphatic heterocycles. The van der Waals surface area contributed by atoms with Crippen molar-refractivity contribution in [3.8, 4) is 16.3 Å². The van der Waals surface area contributed by atoms with Crippen LogP contribution in [0.5, 0.6) is 5.75 Å². The van der Waals surface area contributed by atoms with Crippen LogP contribution in [-0.2, 0) is 4.74 Å². The predicted molar refractivity (Wildman–Crippen MR) is 62.8 cm³/mol. The van der Waals surface area contributed by atoms with Crippen LogP contribution in [0.25, 0.3) is 10.6 Å². The van der Waals surface area contributed by atoms with E-state index in [9.17, 15) is 0 Å². The van der Waals surface area contributed by atoms with Crippen molar-refractivity contribution < 1.29 is 9.47 Å². The van der Waals surface area contributed by atoms with Gasteiger partial charge in [0.25, 0.3) is 0 Å². The zero-order valence-corrected chi connectivity index (χ0v) is 9.44. The summed E-state index contributed by atoms with van der Waals surface area (Å²) in [7, 11) is 0. The fraction of sp³-hybridized carbons (Fsp3) is 0.250. The third-order valence-corrected chi connectivity index (χ3v) is 3.23. The average Bonchev–Trinajstić information content (AvgIpc) is 3.00. The van der Waals surface area contributed by atoms with Crippen molar-refractivity contribution in [2.75, 3.05) is 13.2 Å². The second-order valence-electron chi connectivity index (χ2n) is 3.59. The van der Waals surface area contributed by atoms with Crippen molar-refractivity contribution in [1.82, 2.24) is 4.98 Å². The van der Waals surface area contributed by atoms with Gasteiger partial charge in [-0.25, -0.2) is 0 Å². The summed E-state index contributed by atoms with van der Waals surface area (Å²) in [5.41, 5.74) is 0.915. The standard InChI is InChI=1S/C12H11NO2S/c1-3-10(15-8-9-7-14-9)12(13-5-1)11-4-2-6-16-11/h1-6,9H,7-8H2/t9-/m0/s1. The molecule has 0 aliphatic carbocycles. The van der Waals surface area contributed by atoms with Crippen molar-refractivity contribution in [2.24, 2.45) is 0 Å². The minimum Gasteiger partial charge on any atom is -0.488 e. The molecule has 1 fully saturated rings. The highest BCUT2D eigenvalue weighted by molar-refractivity contribution is 7.13. The fourth-order valence-electron chi connectivity index (χ4n) is 1.45. The molecule has 3 rings (SSSR count). The van der Waals surface area contributed by atoms with Crippen LogP contribution >= 0.6 is 11.3 Å². The Morgan fingerprint density at radius 3 is 3.12 bits per heavy atom. The van der Waals surface area contributed by atoms with Crippen molar-refractivity contribution >= 4 is 11.3 Å². The van der Waals surface area contributed by atoms with E-state index in [4.69, 9.17) is 9.47 Å². The maximum atomic E-state index is 5.70. The van der Waals surface area contributed by atoms with Crippen LogP contribution in [0.3, 0.4) is 0 Å². The number of thiophene rings is 1. The maximum Gasteiger partial charge on any atom is 0.146 e. The molecule has 0 spiro atoms. The molecule has 16 heavy (non-hydrogen) atoms. The average molecular weight is 233 g/mol. The second kappa shape index (κ2) is 4.23. The minimum atomic E-state index is 0.274. The molecule has 0 amide bonds. The number of rotatable bonds is 4. The van der Waals surface area contributed by atoms with Gasteiger partial charge >= 0.3 is 0 Å². The maximum absolute atomic E-state index is 5.70. The molecular weight excluding hydrogens is 222 g/mol. The van der Waals surface area contributed by atoms with E-state index in [1.54, 1.807) is 17.5 Å². The van der Waals surface area contributed by atoms with E-state index in [-0.39, 0.29) is 6.10 Å². The first-order chi connectivity index (χ1) is 7.93. The van der Waals surface area contributed by atoms with Crippen molar-refractivity contribution in [1.29, 1.82) is 0 Å². The number of aromatic nitrogens is 1. The largest absolute Gasteiger partial charge is 0.488 e. The summed E-state index contributed by atoms with van der Waals surface area (Å²) in [4.78, 5) is 5.50. The number of epoxide rings is 1. The quantitative estimate of drug-likeness (QED) is 0.761. The molecule has 1 saturated heterocycles. The van der Waals surface area contributed by atoms with Gasteiger partial charge in [-0.05, 0) is 23.6 Å². The second-order valence-corrected chi connectivity index (χ2v) is 4.54. The highest BCUT2D eigenvalue weighted by Gasteiger charge is 2.23. The number of hydrogen-bond acceptors (Lipinski definition) is 4. The molecule has 0 unspecified atom stereocenters. The van der Waals surface area contributed by atoms with Gasteiger partial charge in [0.15, 0.2) is 0 Å². The van der Waals surface area contributed by atoms with Gasteiger partial charge in [-0.1, -0.05) is 6.07 Å². The van der Waals surface area contributed by atoms with Gasteiger partial charge < -0.3 is 9.47 Å². The van der Waals surface area contributed by atoms with Gasteiger partial charge in [0.2, 0.25) is 0 Å². The summed E-state index contributed by atoms with van der Waals surface area (Å²) in [5, 5.41) is 2.04. The smallest absolute Gasteiger partial charge is 0.146 e. The van der Waals surface area contributed by atoms with E-state index in [2.05, 4.69) is 4.98 Å². The first kappa shape index (κ1) is 9.81.